The number of carbonyl (C=O) groups is 1. The summed E-state index contributed by atoms with van der Waals surface area (Å²) in [4.78, 5) is 11.5. The van der Waals surface area contributed by atoms with Crippen molar-refractivity contribution in [3.63, 3.8) is 0 Å². The van der Waals surface area contributed by atoms with Crippen molar-refractivity contribution in [3.8, 4) is 0 Å². The van der Waals surface area contributed by atoms with Crippen LogP contribution in [-0.4, -0.2) is 31.1 Å². The van der Waals surface area contributed by atoms with E-state index in [1.54, 1.807) is 7.05 Å². The summed E-state index contributed by atoms with van der Waals surface area (Å²) in [5.41, 5.74) is 0.255. The molecule has 2 heterocycles. The van der Waals surface area contributed by atoms with E-state index in [0.717, 1.165) is 5.01 Å². The Kier molecular flexibility index (Phi) is 2.42. The van der Waals surface area contributed by atoms with Gasteiger partial charge in [-0.05, 0) is 6.92 Å². The second-order valence-electron chi connectivity index (χ2n) is 2.86. The van der Waals surface area contributed by atoms with Crippen LogP contribution in [0.15, 0.2) is 6.20 Å². The highest BCUT2D eigenvalue weighted by Gasteiger charge is 2.11. The maximum Gasteiger partial charge on any atom is 0.279 e. The highest BCUT2D eigenvalue weighted by atomic mass is 32.1. The van der Waals surface area contributed by atoms with Gasteiger partial charge in [-0.15, -0.1) is 15.3 Å². The van der Waals surface area contributed by atoms with Crippen LogP contribution in [0.1, 0.15) is 15.5 Å². The zero-order chi connectivity index (χ0) is 10.8. The molecule has 1 N–H and O–H groups in total. The van der Waals surface area contributed by atoms with Crippen molar-refractivity contribution in [2.75, 3.05) is 5.32 Å². The third-order valence-electron chi connectivity index (χ3n) is 1.58. The van der Waals surface area contributed by atoms with Crippen LogP contribution in [0.5, 0.6) is 0 Å². The Morgan fingerprint density at radius 2 is 2.27 bits per heavy atom. The largest absolute Gasteiger partial charge is 0.295 e. The van der Waals surface area contributed by atoms with Crippen molar-refractivity contribution < 1.29 is 4.79 Å². The summed E-state index contributed by atoms with van der Waals surface area (Å²) < 4.78 is 1.46. The van der Waals surface area contributed by atoms with Gasteiger partial charge in [0.2, 0.25) is 5.13 Å². The Balaban J connectivity index is 2.10. The number of amides is 1. The van der Waals surface area contributed by atoms with Crippen molar-refractivity contribution in [3.05, 3.63) is 16.9 Å². The molecular formula is C7H8N6OS. The molecule has 0 radical (unpaired) electrons. The SMILES string of the molecule is Cc1nnc(NC(=O)c2cn(C)nn2)s1. The minimum absolute atomic E-state index is 0.255. The summed E-state index contributed by atoms with van der Waals surface area (Å²) in [7, 11) is 1.69. The quantitative estimate of drug-likeness (QED) is 0.789. The fourth-order valence-electron chi connectivity index (χ4n) is 0.960. The smallest absolute Gasteiger partial charge is 0.279 e. The molecule has 0 aliphatic carbocycles. The van der Waals surface area contributed by atoms with E-state index in [-0.39, 0.29) is 11.6 Å². The molecular weight excluding hydrogens is 216 g/mol. The normalized spacial score (nSPS) is 10.3. The van der Waals surface area contributed by atoms with Gasteiger partial charge in [0.15, 0.2) is 5.69 Å². The summed E-state index contributed by atoms with van der Waals surface area (Å²) in [6.45, 7) is 1.82. The summed E-state index contributed by atoms with van der Waals surface area (Å²) in [5, 5.41) is 18.7. The van der Waals surface area contributed by atoms with Gasteiger partial charge in [-0.1, -0.05) is 16.6 Å². The Hall–Kier alpha value is -1.83. The Morgan fingerprint density at radius 1 is 1.47 bits per heavy atom. The highest BCUT2D eigenvalue weighted by molar-refractivity contribution is 7.15. The molecule has 78 valence electrons. The lowest BCUT2D eigenvalue weighted by Crippen LogP contribution is -2.12. The number of anilines is 1. The summed E-state index contributed by atoms with van der Waals surface area (Å²) in [6.07, 6.45) is 1.53. The lowest BCUT2D eigenvalue weighted by atomic mass is 10.4. The summed E-state index contributed by atoms with van der Waals surface area (Å²) in [5.74, 6) is -0.334. The van der Waals surface area contributed by atoms with Gasteiger partial charge < -0.3 is 0 Å². The Labute approximate surface area is 89.1 Å². The molecule has 0 unspecified atom stereocenters. The minimum Gasteiger partial charge on any atom is -0.295 e. The van der Waals surface area contributed by atoms with Crippen LogP contribution < -0.4 is 5.32 Å². The molecule has 8 heteroatoms. The predicted octanol–water partition coefficient (Wildman–Crippen LogP) is 0.227. The lowest BCUT2D eigenvalue weighted by Gasteiger charge is -1.94. The first-order valence-electron chi connectivity index (χ1n) is 4.13. The number of carbonyl (C=O) groups excluding carboxylic acids is 1. The number of aryl methyl sites for hydroxylation is 2. The van der Waals surface area contributed by atoms with E-state index in [1.165, 1.54) is 22.2 Å². The standard InChI is InChI=1S/C7H8N6OS/c1-4-9-11-7(15-4)8-6(14)5-3-13(2)12-10-5/h3H,1-2H3,(H,8,11,14). The van der Waals surface area contributed by atoms with Gasteiger partial charge in [0.25, 0.3) is 5.91 Å². The van der Waals surface area contributed by atoms with Crippen LogP contribution in [0.25, 0.3) is 0 Å². The Bertz CT molecular complexity index is 489. The zero-order valence-corrected chi connectivity index (χ0v) is 8.95. The molecule has 7 nitrogen and oxygen atoms in total. The summed E-state index contributed by atoms with van der Waals surface area (Å²) in [6, 6.07) is 0. The van der Waals surface area contributed by atoms with Crippen molar-refractivity contribution in [1.82, 2.24) is 25.2 Å². The van der Waals surface area contributed by atoms with E-state index in [1.807, 2.05) is 6.92 Å². The first-order valence-corrected chi connectivity index (χ1v) is 4.94. The van der Waals surface area contributed by atoms with Crippen LogP contribution in [0, 0.1) is 6.92 Å². The Morgan fingerprint density at radius 3 is 2.80 bits per heavy atom. The fourth-order valence-corrected chi connectivity index (χ4v) is 1.55. The number of nitrogens with one attached hydrogen (secondary N) is 1. The van der Waals surface area contributed by atoms with Crippen molar-refractivity contribution in [1.29, 1.82) is 0 Å². The van der Waals surface area contributed by atoms with E-state index < -0.39 is 0 Å². The van der Waals surface area contributed by atoms with Crippen molar-refractivity contribution >= 4 is 22.4 Å². The molecule has 0 aliphatic heterocycles. The molecule has 0 aromatic carbocycles. The van der Waals surface area contributed by atoms with E-state index in [0.29, 0.717) is 5.13 Å². The maximum absolute atomic E-state index is 11.5. The van der Waals surface area contributed by atoms with Crippen LogP contribution in [-0.2, 0) is 7.05 Å². The van der Waals surface area contributed by atoms with Gasteiger partial charge in [-0.25, -0.2) is 0 Å². The molecule has 0 aliphatic rings. The predicted molar refractivity (Wildman–Crippen MR) is 53.6 cm³/mol. The first-order chi connectivity index (χ1) is 7.15. The first kappa shape index (κ1) is 9.71. The fraction of sp³-hybridized carbons (Fsp3) is 0.286. The third-order valence-corrected chi connectivity index (χ3v) is 2.34. The van der Waals surface area contributed by atoms with E-state index in [4.69, 9.17) is 0 Å². The van der Waals surface area contributed by atoms with E-state index in [9.17, 15) is 4.79 Å². The molecule has 15 heavy (non-hydrogen) atoms. The zero-order valence-electron chi connectivity index (χ0n) is 8.13. The van der Waals surface area contributed by atoms with Crippen LogP contribution in [0.3, 0.4) is 0 Å². The van der Waals surface area contributed by atoms with Crippen molar-refractivity contribution in [2.24, 2.45) is 7.05 Å². The monoisotopic (exact) mass is 224 g/mol. The minimum atomic E-state index is -0.334. The molecule has 0 atom stereocenters. The molecule has 0 bridgehead atoms. The average molecular weight is 224 g/mol. The van der Waals surface area contributed by atoms with Crippen LogP contribution in [0.2, 0.25) is 0 Å². The molecule has 0 fully saturated rings. The molecule has 0 saturated carbocycles. The molecule has 2 rings (SSSR count). The second kappa shape index (κ2) is 3.73. The number of rotatable bonds is 2. The lowest BCUT2D eigenvalue weighted by molar-refractivity contribution is 0.102. The van der Waals surface area contributed by atoms with Crippen molar-refractivity contribution in [2.45, 2.75) is 6.92 Å². The highest BCUT2D eigenvalue weighted by Crippen LogP contribution is 2.14. The van der Waals surface area contributed by atoms with E-state index >= 15 is 0 Å². The number of nitrogens with zero attached hydrogens (tertiary/aromatic N) is 5. The van der Waals surface area contributed by atoms with E-state index in [2.05, 4.69) is 25.8 Å². The third kappa shape index (κ3) is 2.15. The molecule has 2 aromatic heterocycles. The number of aromatic nitrogens is 5. The van der Waals surface area contributed by atoms with Gasteiger partial charge in [0.05, 0.1) is 6.20 Å². The van der Waals surface area contributed by atoms with Gasteiger partial charge in [0, 0.05) is 7.05 Å². The molecule has 2 aromatic rings. The van der Waals surface area contributed by atoms with Crippen LogP contribution >= 0.6 is 11.3 Å². The van der Waals surface area contributed by atoms with Gasteiger partial charge in [-0.2, -0.15) is 0 Å². The second-order valence-corrected chi connectivity index (χ2v) is 4.04. The van der Waals surface area contributed by atoms with Gasteiger partial charge in [-0.3, -0.25) is 14.8 Å². The average Bonchev–Trinajstić information content (AvgIpc) is 2.75. The van der Waals surface area contributed by atoms with Gasteiger partial charge in [0.1, 0.15) is 5.01 Å². The maximum atomic E-state index is 11.5. The molecule has 1 amide bonds. The topological polar surface area (TPSA) is 85.6 Å². The van der Waals surface area contributed by atoms with Gasteiger partial charge >= 0.3 is 0 Å². The number of hydrogen-bond donors (Lipinski definition) is 1. The summed E-state index contributed by atoms with van der Waals surface area (Å²) >= 11 is 1.31. The molecule has 0 saturated heterocycles. The number of hydrogen-bond acceptors (Lipinski definition) is 6. The van der Waals surface area contributed by atoms with Crippen LogP contribution in [0.4, 0.5) is 5.13 Å². The molecule has 0 spiro atoms.